The second-order valence-electron chi connectivity index (χ2n) is 10.9. The first-order valence-corrected chi connectivity index (χ1v) is 14.7. The van der Waals surface area contributed by atoms with Gasteiger partial charge in [-0.25, -0.2) is 0 Å². The van der Waals surface area contributed by atoms with Gasteiger partial charge in [0.25, 0.3) is 0 Å². The minimum Gasteiger partial charge on any atom is -0.494 e. The van der Waals surface area contributed by atoms with Crippen molar-refractivity contribution in [3.63, 3.8) is 0 Å². The number of carbonyl (C=O) groups is 3. The van der Waals surface area contributed by atoms with E-state index in [1.165, 1.54) is 4.90 Å². The number of carbonyl (C=O) groups excluding carboxylic acids is 3. The zero-order chi connectivity index (χ0) is 28.8. The van der Waals surface area contributed by atoms with Gasteiger partial charge in [0.2, 0.25) is 17.7 Å². The summed E-state index contributed by atoms with van der Waals surface area (Å²) >= 11 is 3.69. The van der Waals surface area contributed by atoms with E-state index in [2.05, 4.69) is 26.6 Å². The first-order valence-electron chi connectivity index (χ1n) is 13.8. The largest absolute Gasteiger partial charge is 0.494 e. The van der Waals surface area contributed by atoms with Gasteiger partial charge in [0.1, 0.15) is 17.4 Å². The topological polar surface area (TPSA) is 117 Å². The average molecular weight is 615 g/mol. The minimum absolute atomic E-state index is 0.224. The van der Waals surface area contributed by atoms with Gasteiger partial charge < -0.3 is 30.1 Å². The number of anilines is 2. The summed E-state index contributed by atoms with van der Waals surface area (Å²) in [6.45, 7) is 7.84. The highest BCUT2D eigenvalue weighted by molar-refractivity contribution is 9.09. The summed E-state index contributed by atoms with van der Waals surface area (Å²) in [4.78, 5) is 43.2. The molecule has 2 aromatic carbocycles. The van der Waals surface area contributed by atoms with Crippen LogP contribution in [0.25, 0.3) is 0 Å². The Labute approximate surface area is 242 Å². The molecule has 2 bridgehead atoms. The molecule has 3 aliphatic rings. The Morgan fingerprint density at radius 1 is 1.15 bits per heavy atom. The summed E-state index contributed by atoms with van der Waals surface area (Å²) in [7, 11) is 0. The molecule has 40 heavy (non-hydrogen) atoms. The fourth-order valence-electron chi connectivity index (χ4n) is 6.57. The van der Waals surface area contributed by atoms with Gasteiger partial charge in [-0.2, -0.15) is 0 Å². The Bertz CT molecular complexity index is 1300. The van der Waals surface area contributed by atoms with E-state index in [0.29, 0.717) is 36.6 Å². The number of aliphatic hydroxyl groups excluding tert-OH is 1. The molecule has 0 radical (unpaired) electrons. The van der Waals surface area contributed by atoms with E-state index in [-0.39, 0.29) is 29.2 Å². The molecule has 3 saturated heterocycles. The Hall–Kier alpha value is -2.95. The van der Waals surface area contributed by atoms with Crippen LogP contribution in [0.4, 0.5) is 11.4 Å². The number of fused-ring (bicyclic) bond motifs is 1. The zero-order valence-electron chi connectivity index (χ0n) is 23.1. The number of nitrogens with zero attached hydrogens (tertiary/aromatic N) is 1. The maximum absolute atomic E-state index is 14.2. The normalized spacial score (nSPS) is 29.3. The Kier molecular flexibility index (Phi) is 7.96. The van der Waals surface area contributed by atoms with Crippen LogP contribution in [0, 0.1) is 25.7 Å². The molecule has 5 rings (SSSR count). The number of benzene rings is 2. The number of hydrogen-bond donors (Lipinski definition) is 3. The van der Waals surface area contributed by atoms with Crippen LogP contribution >= 0.6 is 15.9 Å². The van der Waals surface area contributed by atoms with Crippen molar-refractivity contribution >= 4 is 45.0 Å². The number of aliphatic hydroxyl groups is 1. The molecule has 9 nitrogen and oxygen atoms in total. The van der Waals surface area contributed by atoms with Crippen molar-refractivity contribution in [2.45, 2.75) is 69.2 Å². The van der Waals surface area contributed by atoms with E-state index < -0.39 is 35.6 Å². The fraction of sp³-hybridized carbons (Fsp3) is 0.500. The van der Waals surface area contributed by atoms with Gasteiger partial charge >= 0.3 is 0 Å². The van der Waals surface area contributed by atoms with Gasteiger partial charge in [0.15, 0.2) is 0 Å². The van der Waals surface area contributed by atoms with Crippen molar-refractivity contribution in [1.82, 2.24) is 4.90 Å². The number of aryl methyl sites for hydroxylation is 2. The minimum atomic E-state index is -1.21. The highest BCUT2D eigenvalue weighted by Gasteiger charge is 2.77. The fourth-order valence-corrected chi connectivity index (χ4v) is 7.51. The van der Waals surface area contributed by atoms with Gasteiger partial charge in [-0.05, 0) is 75.1 Å². The molecule has 3 heterocycles. The molecule has 1 spiro atoms. The van der Waals surface area contributed by atoms with Crippen molar-refractivity contribution < 1.29 is 29.0 Å². The van der Waals surface area contributed by atoms with Crippen molar-refractivity contribution in [2.75, 3.05) is 23.8 Å². The second kappa shape index (κ2) is 11.1. The second-order valence-corrected chi connectivity index (χ2v) is 12.1. The van der Waals surface area contributed by atoms with Crippen molar-refractivity contribution in [2.24, 2.45) is 11.8 Å². The van der Waals surface area contributed by atoms with Gasteiger partial charge in [0.05, 0.1) is 37.2 Å². The highest BCUT2D eigenvalue weighted by Crippen LogP contribution is 2.60. The number of nitrogens with one attached hydrogen (secondary N) is 2. The van der Waals surface area contributed by atoms with E-state index in [1.54, 1.807) is 24.3 Å². The summed E-state index contributed by atoms with van der Waals surface area (Å²) in [5, 5.41) is 16.2. The lowest BCUT2D eigenvalue weighted by Gasteiger charge is -2.36. The molecule has 0 saturated carbocycles. The number of amides is 3. The quantitative estimate of drug-likeness (QED) is 0.370. The van der Waals surface area contributed by atoms with Crippen LogP contribution in [0.2, 0.25) is 0 Å². The van der Waals surface area contributed by atoms with Crippen molar-refractivity contribution in [3.8, 4) is 5.75 Å². The van der Waals surface area contributed by atoms with E-state index in [0.717, 1.165) is 11.1 Å². The van der Waals surface area contributed by atoms with E-state index in [9.17, 15) is 19.5 Å². The number of alkyl halides is 1. The van der Waals surface area contributed by atoms with E-state index in [4.69, 9.17) is 9.47 Å². The number of halogens is 1. The van der Waals surface area contributed by atoms with Crippen molar-refractivity contribution in [3.05, 3.63) is 53.6 Å². The molecule has 3 amide bonds. The predicted molar refractivity (Wildman–Crippen MR) is 155 cm³/mol. The average Bonchev–Trinajstić information content (AvgIpc) is 3.52. The first-order chi connectivity index (χ1) is 19.1. The van der Waals surface area contributed by atoms with E-state index in [1.807, 2.05) is 45.9 Å². The summed E-state index contributed by atoms with van der Waals surface area (Å²) in [5.74, 6) is -2.04. The smallest absolute Gasteiger partial charge is 0.250 e. The highest BCUT2D eigenvalue weighted by atomic mass is 79.9. The predicted octanol–water partition coefficient (Wildman–Crippen LogP) is 3.80. The van der Waals surface area contributed by atoms with Gasteiger partial charge in [0, 0.05) is 16.2 Å². The Morgan fingerprint density at radius 2 is 1.88 bits per heavy atom. The molecular formula is C30H36BrN3O6. The number of likely N-dealkylation sites (tertiary alicyclic amines) is 1. The number of ether oxygens (including phenoxy) is 2. The van der Waals surface area contributed by atoms with Gasteiger partial charge in [-0.3, -0.25) is 14.4 Å². The molecule has 0 aromatic heterocycles. The molecular weight excluding hydrogens is 578 g/mol. The number of hydrogen-bond acceptors (Lipinski definition) is 6. The molecule has 0 aliphatic carbocycles. The molecule has 3 unspecified atom stereocenters. The maximum atomic E-state index is 14.2. The molecule has 2 aromatic rings. The van der Waals surface area contributed by atoms with Crippen LogP contribution in [0.1, 0.15) is 37.8 Å². The third-order valence-corrected chi connectivity index (χ3v) is 9.28. The lowest BCUT2D eigenvalue weighted by atomic mass is 9.70. The first kappa shape index (κ1) is 28.6. The summed E-state index contributed by atoms with van der Waals surface area (Å²) < 4.78 is 12.0. The molecule has 7 atom stereocenters. The monoisotopic (exact) mass is 613 g/mol. The Balaban J connectivity index is 1.49. The SMILES string of the molecule is CCOc1ccc(NC(=O)[C@H]2[C@H]3C(=O)N([C@@H](CC)CO)C(C(=O)Nc4cc(C)ccc4C)C34CC(Br)[C@@H]2O4)cc1. The number of rotatable bonds is 9. The van der Waals surface area contributed by atoms with Crippen LogP contribution in [0.15, 0.2) is 42.5 Å². The standard InChI is InChI=1S/C30H36BrN3O6/c1-5-19(15-35)34-26(28(37)33-22-13-16(3)7-8-17(22)4)30-14-21(31)25(40-30)23(24(30)29(34)38)27(36)32-18-9-11-20(12-10-18)39-6-2/h7-13,19,21,23-26,35H,5-6,14-15H2,1-4H3,(H,32,36)(H,33,37)/t19-,21?,23-,24-,25-,26?,30?/m0/s1. The lowest BCUT2D eigenvalue weighted by molar-refractivity contribution is -0.143. The van der Waals surface area contributed by atoms with Crippen LogP contribution in [-0.2, 0) is 19.1 Å². The zero-order valence-corrected chi connectivity index (χ0v) is 24.7. The molecule has 214 valence electrons. The van der Waals surface area contributed by atoms with Gasteiger partial charge in [-0.15, -0.1) is 0 Å². The third kappa shape index (κ3) is 4.69. The molecule has 3 fully saturated rings. The maximum Gasteiger partial charge on any atom is 0.250 e. The Morgan fingerprint density at radius 3 is 2.52 bits per heavy atom. The lowest BCUT2D eigenvalue weighted by Crippen LogP contribution is -2.56. The van der Waals surface area contributed by atoms with Crippen LogP contribution in [0.3, 0.4) is 0 Å². The van der Waals surface area contributed by atoms with Crippen LogP contribution in [-0.4, -0.2) is 69.6 Å². The van der Waals surface area contributed by atoms with Crippen molar-refractivity contribution in [1.29, 1.82) is 0 Å². The summed E-state index contributed by atoms with van der Waals surface area (Å²) in [5.41, 5.74) is 1.90. The summed E-state index contributed by atoms with van der Waals surface area (Å²) in [6, 6.07) is 11.2. The molecule has 3 N–H and O–H groups in total. The van der Waals surface area contributed by atoms with Crippen LogP contribution < -0.4 is 15.4 Å². The molecule has 10 heteroatoms. The summed E-state index contributed by atoms with van der Waals surface area (Å²) in [6.07, 6.45) is 0.260. The van der Waals surface area contributed by atoms with Crippen LogP contribution in [0.5, 0.6) is 5.75 Å². The molecule has 3 aliphatic heterocycles. The van der Waals surface area contributed by atoms with Gasteiger partial charge in [-0.1, -0.05) is 35.0 Å². The third-order valence-electron chi connectivity index (χ3n) is 8.44. The van der Waals surface area contributed by atoms with E-state index >= 15 is 0 Å².